The lowest BCUT2D eigenvalue weighted by molar-refractivity contribution is 0.339. The van der Waals surface area contributed by atoms with Gasteiger partial charge in [-0.3, -0.25) is 0 Å². The van der Waals surface area contributed by atoms with Crippen LogP contribution in [-0.2, 0) is 0 Å². The minimum absolute atomic E-state index is 0.264. The highest BCUT2D eigenvalue weighted by Gasteiger charge is 2.02. The van der Waals surface area contributed by atoms with Crippen molar-refractivity contribution < 1.29 is 9.13 Å². The molecule has 0 saturated carbocycles. The van der Waals surface area contributed by atoms with Crippen molar-refractivity contribution >= 4 is 5.69 Å². The van der Waals surface area contributed by atoms with Gasteiger partial charge in [-0.05, 0) is 24.6 Å². The van der Waals surface area contributed by atoms with Crippen molar-refractivity contribution in [2.24, 2.45) is 5.11 Å². The zero-order valence-corrected chi connectivity index (χ0v) is 7.07. The topological polar surface area (TPSA) is 58.0 Å². The first-order valence-corrected chi connectivity index (χ1v) is 3.75. The van der Waals surface area contributed by atoms with Gasteiger partial charge in [0.15, 0.2) is 0 Å². The van der Waals surface area contributed by atoms with Gasteiger partial charge in [0.2, 0.25) is 0 Å². The molecule has 0 aromatic heterocycles. The van der Waals surface area contributed by atoms with Crippen molar-refractivity contribution in [1.29, 1.82) is 0 Å². The zero-order valence-electron chi connectivity index (χ0n) is 7.07. The highest BCUT2D eigenvalue weighted by Crippen LogP contribution is 2.28. The number of halogens is 1. The molecule has 0 bridgehead atoms. The fraction of sp³-hybridized carbons (Fsp3) is 0.250. The number of ether oxygens (including phenoxy) is 1. The molecule has 0 spiro atoms. The van der Waals surface area contributed by atoms with E-state index in [2.05, 4.69) is 10.0 Å². The van der Waals surface area contributed by atoms with Crippen LogP contribution in [0.15, 0.2) is 23.3 Å². The van der Waals surface area contributed by atoms with Gasteiger partial charge in [-0.15, -0.1) is 0 Å². The summed E-state index contributed by atoms with van der Waals surface area (Å²) >= 11 is 0. The number of rotatable bonds is 3. The second-order valence-corrected chi connectivity index (χ2v) is 2.23. The summed E-state index contributed by atoms with van der Waals surface area (Å²) in [5.74, 6) is -0.152. The summed E-state index contributed by atoms with van der Waals surface area (Å²) in [7, 11) is 0. The fourth-order valence-corrected chi connectivity index (χ4v) is 0.890. The Morgan fingerprint density at radius 1 is 1.62 bits per heavy atom. The highest BCUT2D eigenvalue weighted by atomic mass is 19.1. The average Bonchev–Trinajstić information content (AvgIpc) is 2.10. The normalized spacial score (nSPS) is 9.08. The molecule has 4 nitrogen and oxygen atoms in total. The molecule has 0 atom stereocenters. The van der Waals surface area contributed by atoms with Crippen molar-refractivity contribution in [3.8, 4) is 5.75 Å². The molecular weight excluding hydrogens is 173 g/mol. The summed E-state index contributed by atoms with van der Waals surface area (Å²) in [4.78, 5) is 2.60. The summed E-state index contributed by atoms with van der Waals surface area (Å²) in [5.41, 5.74) is 8.49. The lowest BCUT2D eigenvalue weighted by Gasteiger charge is -2.05. The van der Waals surface area contributed by atoms with Crippen molar-refractivity contribution in [2.45, 2.75) is 6.92 Å². The van der Waals surface area contributed by atoms with Crippen LogP contribution in [0.4, 0.5) is 10.1 Å². The molecule has 68 valence electrons. The Hall–Kier alpha value is -1.74. The standard InChI is InChI=1S/C8H8FN3O/c1-2-13-8-5-6(9)3-4-7(8)11-12-10/h3-5H,2H2,1H3. The molecule has 0 N–H and O–H groups in total. The van der Waals surface area contributed by atoms with Gasteiger partial charge in [0, 0.05) is 11.0 Å². The Bertz CT molecular complexity index is 347. The van der Waals surface area contributed by atoms with E-state index in [9.17, 15) is 4.39 Å². The first-order valence-electron chi connectivity index (χ1n) is 3.75. The molecule has 0 fully saturated rings. The highest BCUT2D eigenvalue weighted by molar-refractivity contribution is 5.51. The third kappa shape index (κ3) is 2.35. The van der Waals surface area contributed by atoms with E-state index < -0.39 is 5.82 Å². The molecule has 0 heterocycles. The molecule has 0 radical (unpaired) electrons. The number of hydrogen-bond donors (Lipinski definition) is 0. The number of nitrogens with zero attached hydrogens (tertiary/aromatic N) is 3. The van der Waals surface area contributed by atoms with Crippen LogP contribution in [0.2, 0.25) is 0 Å². The van der Waals surface area contributed by atoms with Crippen molar-refractivity contribution in [2.75, 3.05) is 6.61 Å². The molecule has 0 unspecified atom stereocenters. The number of hydrogen-bond acceptors (Lipinski definition) is 2. The monoisotopic (exact) mass is 181 g/mol. The molecule has 0 aliphatic rings. The van der Waals surface area contributed by atoms with E-state index >= 15 is 0 Å². The van der Waals surface area contributed by atoms with Crippen molar-refractivity contribution in [3.63, 3.8) is 0 Å². The van der Waals surface area contributed by atoms with Gasteiger partial charge in [-0.25, -0.2) is 4.39 Å². The fourth-order valence-electron chi connectivity index (χ4n) is 0.890. The van der Waals surface area contributed by atoms with Crippen LogP contribution in [0, 0.1) is 5.82 Å². The SMILES string of the molecule is CCOc1cc(F)ccc1N=[N+]=[N-]. The minimum Gasteiger partial charge on any atom is -0.493 e. The summed E-state index contributed by atoms with van der Waals surface area (Å²) in [6.07, 6.45) is 0. The van der Waals surface area contributed by atoms with Crippen LogP contribution in [0.25, 0.3) is 10.4 Å². The Morgan fingerprint density at radius 2 is 2.38 bits per heavy atom. The van der Waals surface area contributed by atoms with E-state index in [0.717, 1.165) is 0 Å². The lowest BCUT2D eigenvalue weighted by Crippen LogP contribution is -1.91. The maximum absolute atomic E-state index is 12.7. The van der Waals surface area contributed by atoms with E-state index in [1.165, 1.54) is 18.2 Å². The first-order chi connectivity index (χ1) is 6.27. The molecule has 0 aliphatic carbocycles. The second-order valence-electron chi connectivity index (χ2n) is 2.23. The van der Waals surface area contributed by atoms with Gasteiger partial charge < -0.3 is 4.74 Å². The van der Waals surface area contributed by atoms with Crippen LogP contribution in [0.3, 0.4) is 0 Å². The van der Waals surface area contributed by atoms with Gasteiger partial charge in [0.1, 0.15) is 11.6 Å². The van der Waals surface area contributed by atoms with Crippen molar-refractivity contribution in [1.82, 2.24) is 0 Å². The van der Waals surface area contributed by atoms with E-state index in [1.54, 1.807) is 6.92 Å². The van der Waals surface area contributed by atoms with Crippen LogP contribution in [0.1, 0.15) is 6.92 Å². The minimum atomic E-state index is -0.416. The third-order valence-electron chi connectivity index (χ3n) is 1.37. The molecule has 1 aromatic rings. The Kier molecular flexibility index (Phi) is 3.11. The molecule has 0 saturated heterocycles. The predicted molar refractivity (Wildman–Crippen MR) is 46.4 cm³/mol. The summed E-state index contributed by atoms with van der Waals surface area (Å²) in [6.45, 7) is 2.17. The van der Waals surface area contributed by atoms with E-state index in [4.69, 9.17) is 10.3 Å². The van der Waals surface area contributed by atoms with E-state index in [0.29, 0.717) is 12.3 Å². The first kappa shape index (κ1) is 9.35. The smallest absolute Gasteiger partial charge is 0.131 e. The summed E-state index contributed by atoms with van der Waals surface area (Å²) in [5, 5.41) is 3.36. The third-order valence-corrected chi connectivity index (χ3v) is 1.37. The van der Waals surface area contributed by atoms with E-state index in [-0.39, 0.29) is 5.75 Å². The maximum Gasteiger partial charge on any atom is 0.131 e. The quantitative estimate of drug-likeness (QED) is 0.401. The second kappa shape index (κ2) is 4.33. The number of benzene rings is 1. The molecule has 1 rings (SSSR count). The zero-order chi connectivity index (χ0) is 9.68. The van der Waals surface area contributed by atoms with Crippen LogP contribution >= 0.6 is 0 Å². The van der Waals surface area contributed by atoms with Gasteiger partial charge >= 0.3 is 0 Å². The van der Waals surface area contributed by atoms with Gasteiger partial charge in [0.05, 0.1) is 12.3 Å². The number of azide groups is 1. The molecule has 1 aromatic carbocycles. The van der Waals surface area contributed by atoms with Gasteiger partial charge in [0.25, 0.3) is 0 Å². The summed E-state index contributed by atoms with van der Waals surface area (Å²) in [6, 6.07) is 3.78. The van der Waals surface area contributed by atoms with Crippen LogP contribution < -0.4 is 4.74 Å². The van der Waals surface area contributed by atoms with Crippen LogP contribution in [0.5, 0.6) is 5.75 Å². The predicted octanol–water partition coefficient (Wildman–Crippen LogP) is 3.17. The van der Waals surface area contributed by atoms with E-state index in [1.807, 2.05) is 0 Å². The van der Waals surface area contributed by atoms with Crippen molar-refractivity contribution in [3.05, 3.63) is 34.5 Å². The molecule has 0 amide bonds. The van der Waals surface area contributed by atoms with Crippen LogP contribution in [-0.4, -0.2) is 6.61 Å². The van der Waals surface area contributed by atoms with Gasteiger partial charge in [-0.2, -0.15) is 0 Å². The Labute approximate surface area is 74.6 Å². The largest absolute Gasteiger partial charge is 0.493 e. The van der Waals surface area contributed by atoms with Gasteiger partial charge in [-0.1, -0.05) is 5.11 Å². The molecular formula is C8H8FN3O. The molecule has 5 heteroatoms. The Balaban J connectivity index is 3.09. The molecule has 0 aliphatic heterocycles. The maximum atomic E-state index is 12.7. The Morgan fingerprint density at radius 3 is 3.00 bits per heavy atom. The molecule has 13 heavy (non-hydrogen) atoms. The lowest BCUT2D eigenvalue weighted by atomic mass is 10.3. The average molecular weight is 181 g/mol. The summed E-state index contributed by atoms with van der Waals surface area (Å²) < 4.78 is 17.8.